The maximum atomic E-state index is 5.61. The Morgan fingerprint density at radius 2 is 1.75 bits per heavy atom. The number of hydrogen-bond donors (Lipinski definition) is 0. The zero-order chi connectivity index (χ0) is 10.8. The van der Waals surface area contributed by atoms with Gasteiger partial charge in [0.25, 0.3) is 0 Å². The maximum Gasteiger partial charge on any atom is 0.161 e. The Kier molecular flexibility index (Phi) is 3.20. The summed E-state index contributed by atoms with van der Waals surface area (Å²) in [5.74, 6) is 4.34. The third kappa shape index (κ3) is 2.13. The highest BCUT2D eigenvalue weighted by Gasteiger charge is 2.19. The molecule has 1 saturated heterocycles. The molecule has 1 fully saturated rings. The summed E-state index contributed by atoms with van der Waals surface area (Å²) in [6, 6.07) is 6.35. The summed E-state index contributed by atoms with van der Waals surface area (Å²) in [4.78, 5) is 0. The van der Waals surface area contributed by atoms with Crippen LogP contribution >= 0.6 is 23.5 Å². The van der Waals surface area contributed by atoms with E-state index in [-0.39, 0.29) is 0 Å². The van der Waals surface area contributed by atoms with Gasteiger partial charge in [0.1, 0.15) is 13.2 Å². The van der Waals surface area contributed by atoms with Crippen molar-refractivity contribution in [3.8, 4) is 11.5 Å². The molecule has 0 unspecified atom stereocenters. The topological polar surface area (TPSA) is 18.5 Å². The van der Waals surface area contributed by atoms with Crippen LogP contribution in [0.1, 0.15) is 16.6 Å². The average molecular weight is 254 g/mol. The molecule has 0 bridgehead atoms. The lowest BCUT2D eigenvalue weighted by molar-refractivity contribution is 0.171. The van der Waals surface area contributed by atoms with E-state index in [1.807, 2.05) is 29.6 Å². The summed E-state index contributed by atoms with van der Waals surface area (Å²) in [7, 11) is 0. The van der Waals surface area contributed by atoms with E-state index in [0.717, 1.165) is 11.5 Å². The smallest absolute Gasteiger partial charge is 0.161 e. The van der Waals surface area contributed by atoms with Crippen LogP contribution in [0.25, 0.3) is 0 Å². The molecule has 2 aliphatic heterocycles. The third-order valence-electron chi connectivity index (χ3n) is 2.67. The van der Waals surface area contributed by atoms with Gasteiger partial charge < -0.3 is 9.47 Å². The van der Waals surface area contributed by atoms with Crippen molar-refractivity contribution in [3.63, 3.8) is 0 Å². The first-order chi connectivity index (χ1) is 7.93. The molecule has 0 aliphatic carbocycles. The van der Waals surface area contributed by atoms with Crippen LogP contribution in [0.4, 0.5) is 0 Å². The van der Waals surface area contributed by atoms with Crippen molar-refractivity contribution in [2.45, 2.75) is 11.0 Å². The van der Waals surface area contributed by atoms with Crippen molar-refractivity contribution < 1.29 is 9.47 Å². The molecule has 0 amide bonds. The lowest BCUT2D eigenvalue weighted by Gasteiger charge is -2.24. The number of fused-ring (bicyclic) bond motifs is 1. The molecule has 86 valence electrons. The normalized spacial score (nSPS) is 20.8. The Bertz CT molecular complexity index is 375. The molecular weight excluding hydrogens is 240 g/mol. The fourth-order valence-corrected chi connectivity index (χ4v) is 4.76. The van der Waals surface area contributed by atoms with Crippen LogP contribution in [0.15, 0.2) is 18.2 Å². The van der Waals surface area contributed by atoms with Gasteiger partial charge in [0.15, 0.2) is 11.5 Å². The SMILES string of the molecule is c1cc2c(cc1C1SCCCS1)OCCO2. The largest absolute Gasteiger partial charge is 0.486 e. The summed E-state index contributed by atoms with van der Waals surface area (Å²) in [6.45, 7) is 1.33. The molecule has 3 rings (SSSR count). The molecule has 2 aliphatic rings. The number of benzene rings is 1. The molecule has 4 heteroatoms. The Labute approximate surface area is 104 Å². The van der Waals surface area contributed by atoms with E-state index in [1.165, 1.54) is 23.5 Å². The van der Waals surface area contributed by atoms with Crippen LogP contribution in [0.3, 0.4) is 0 Å². The summed E-state index contributed by atoms with van der Waals surface area (Å²) >= 11 is 4.07. The van der Waals surface area contributed by atoms with Gasteiger partial charge in [-0.05, 0) is 35.6 Å². The molecule has 1 aromatic rings. The van der Waals surface area contributed by atoms with E-state index in [9.17, 15) is 0 Å². The van der Waals surface area contributed by atoms with Gasteiger partial charge in [0, 0.05) is 0 Å². The van der Waals surface area contributed by atoms with Crippen LogP contribution in [0, 0.1) is 0 Å². The second-order valence-corrected chi connectivity index (χ2v) is 6.55. The fourth-order valence-electron chi connectivity index (χ4n) is 1.89. The van der Waals surface area contributed by atoms with E-state index >= 15 is 0 Å². The molecule has 0 radical (unpaired) electrons. The Hall–Kier alpha value is -0.480. The van der Waals surface area contributed by atoms with Crippen molar-refractivity contribution in [1.82, 2.24) is 0 Å². The highest BCUT2D eigenvalue weighted by Crippen LogP contribution is 2.45. The summed E-state index contributed by atoms with van der Waals surface area (Å²) in [5.41, 5.74) is 1.36. The second kappa shape index (κ2) is 4.80. The molecule has 16 heavy (non-hydrogen) atoms. The molecule has 2 nitrogen and oxygen atoms in total. The quantitative estimate of drug-likeness (QED) is 0.765. The number of thioether (sulfide) groups is 2. The van der Waals surface area contributed by atoms with E-state index < -0.39 is 0 Å². The van der Waals surface area contributed by atoms with Crippen molar-refractivity contribution in [2.24, 2.45) is 0 Å². The van der Waals surface area contributed by atoms with Gasteiger partial charge in [-0.15, -0.1) is 23.5 Å². The minimum absolute atomic E-state index is 0.574. The Balaban J connectivity index is 1.84. The molecule has 2 heterocycles. The molecule has 1 aromatic carbocycles. The van der Waals surface area contributed by atoms with Crippen LogP contribution < -0.4 is 9.47 Å². The Morgan fingerprint density at radius 1 is 1.00 bits per heavy atom. The van der Waals surface area contributed by atoms with E-state index in [2.05, 4.69) is 12.1 Å². The molecule has 0 atom stereocenters. The third-order valence-corrected chi connectivity index (χ3v) is 5.68. The Morgan fingerprint density at radius 3 is 2.56 bits per heavy atom. The van der Waals surface area contributed by atoms with Gasteiger partial charge in [-0.25, -0.2) is 0 Å². The van der Waals surface area contributed by atoms with Gasteiger partial charge >= 0.3 is 0 Å². The molecule has 0 aromatic heterocycles. The zero-order valence-corrected chi connectivity index (χ0v) is 10.6. The van der Waals surface area contributed by atoms with Crippen LogP contribution in [-0.2, 0) is 0 Å². The molecule has 0 N–H and O–H groups in total. The minimum atomic E-state index is 0.574. The summed E-state index contributed by atoms with van der Waals surface area (Å²) in [6.07, 6.45) is 1.33. The lowest BCUT2D eigenvalue weighted by Crippen LogP contribution is -2.15. The second-order valence-electron chi connectivity index (χ2n) is 3.83. The van der Waals surface area contributed by atoms with E-state index in [0.29, 0.717) is 17.8 Å². The van der Waals surface area contributed by atoms with Gasteiger partial charge in [-0.1, -0.05) is 6.07 Å². The van der Waals surface area contributed by atoms with Crippen LogP contribution in [-0.4, -0.2) is 24.7 Å². The predicted octanol–water partition coefficient (Wildman–Crippen LogP) is 3.33. The van der Waals surface area contributed by atoms with Gasteiger partial charge in [-0.3, -0.25) is 0 Å². The van der Waals surface area contributed by atoms with Gasteiger partial charge in [0.05, 0.1) is 4.58 Å². The highest BCUT2D eigenvalue weighted by molar-refractivity contribution is 8.16. The molecular formula is C12H14O2S2. The monoisotopic (exact) mass is 254 g/mol. The van der Waals surface area contributed by atoms with E-state index in [4.69, 9.17) is 9.47 Å². The van der Waals surface area contributed by atoms with Crippen molar-refractivity contribution in [3.05, 3.63) is 23.8 Å². The minimum Gasteiger partial charge on any atom is -0.486 e. The van der Waals surface area contributed by atoms with E-state index in [1.54, 1.807) is 0 Å². The predicted molar refractivity (Wildman–Crippen MR) is 69.7 cm³/mol. The standard InChI is InChI=1S/C12H14O2S2/c1-6-15-12(16-7-1)9-2-3-10-11(8-9)14-5-4-13-10/h2-3,8,12H,1,4-7H2. The van der Waals surface area contributed by atoms with Crippen molar-refractivity contribution >= 4 is 23.5 Å². The fraction of sp³-hybridized carbons (Fsp3) is 0.500. The maximum absolute atomic E-state index is 5.61. The van der Waals surface area contributed by atoms with Crippen molar-refractivity contribution in [2.75, 3.05) is 24.7 Å². The van der Waals surface area contributed by atoms with Crippen LogP contribution in [0.5, 0.6) is 11.5 Å². The average Bonchev–Trinajstić information content (AvgIpc) is 2.39. The number of ether oxygens (including phenoxy) is 2. The summed E-state index contributed by atoms with van der Waals surface area (Å²) in [5, 5.41) is 0. The number of hydrogen-bond acceptors (Lipinski definition) is 4. The first-order valence-corrected chi connectivity index (χ1v) is 7.66. The highest BCUT2D eigenvalue weighted by atomic mass is 32.2. The molecule has 0 saturated carbocycles. The first kappa shape index (κ1) is 10.7. The summed E-state index contributed by atoms with van der Waals surface area (Å²) < 4.78 is 11.7. The van der Waals surface area contributed by atoms with Gasteiger partial charge in [0.2, 0.25) is 0 Å². The van der Waals surface area contributed by atoms with Gasteiger partial charge in [-0.2, -0.15) is 0 Å². The number of rotatable bonds is 1. The van der Waals surface area contributed by atoms with Crippen molar-refractivity contribution in [1.29, 1.82) is 0 Å². The zero-order valence-electron chi connectivity index (χ0n) is 8.98. The molecule has 0 spiro atoms. The van der Waals surface area contributed by atoms with Crippen LogP contribution in [0.2, 0.25) is 0 Å². The first-order valence-electron chi connectivity index (χ1n) is 5.56. The lowest BCUT2D eigenvalue weighted by atomic mass is 10.2.